The van der Waals surface area contributed by atoms with Gasteiger partial charge in [-0.25, -0.2) is 0 Å². The van der Waals surface area contributed by atoms with Gasteiger partial charge in [-0.2, -0.15) is 0 Å². The highest BCUT2D eigenvalue weighted by molar-refractivity contribution is 5.76. The molecule has 0 bridgehead atoms. The summed E-state index contributed by atoms with van der Waals surface area (Å²) in [4.78, 5) is 24.5. The van der Waals surface area contributed by atoms with E-state index in [-0.39, 0.29) is 18.5 Å². The molecule has 3 N–H and O–H groups in total. The number of carbonyl (C=O) groups excluding carboxylic acids is 2. The highest BCUT2D eigenvalue weighted by Gasteiger charge is 2.18. The van der Waals surface area contributed by atoms with Crippen LogP contribution < -0.4 is 5.32 Å². The minimum Gasteiger partial charge on any atom is -0.466 e. The van der Waals surface area contributed by atoms with Crippen LogP contribution in [0.5, 0.6) is 0 Å². The summed E-state index contributed by atoms with van der Waals surface area (Å²) in [5.41, 5.74) is 0. The molecule has 2 atom stereocenters. The zero-order valence-electron chi connectivity index (χ0n) is 53.1. The summed E-state index contributed by atoms with van der Waals surface area (Å²) in [6.45, 7) is 4.90. The van der Waals surface area contributed by atoms with E-state index in [0.29, 0.717) is 19.4 Å². The molecule has 0 radical (unpaired) electrons. The largest absolute Gasteiger partial charge is 0.466 e. The van der Waals surface area contributed by atoms with Crippen molar-refractivity contribution >= 4 is 11.9 Å². The number of carbonyl (C=O) groups is 2. The number of rotatable bonds is 66. The second-order valence-corrected chi connectivity index (χ2v) is 24.2. The molecule has 2 unspecified atom stereocenters. The van der Waals surface area contributed by atoms with Crippen LogP contribution in [0.1, 0.15) is 380 Å². The Hall–Kier alpha value is -2.18. The number of esters is 1. The van der Waals surface area contributed by atoms with Crippen molar-refractivity contribution in [2.75, 3.05) is 13.2 Å². The monoisotopic (exact) mass is 1110 g/mol. The summed E-state index contributed by atoms with van der Waals surface area (Å²) in [5, 5.41) is 23.1. The van der Waals surface area contributed by atoms with Gasteiger partial charge in [0.05, 0.1) is 25.4 Å². The maximum Gasteiger partial charge on any atom is 0.305 e. The third-order valence-corrected chi connectivity index (χ3v) is 16.3. The molecule has 0 aliphatic rings. The van der Waals surface area contributed by atoms with Gasteiger partial charge in [-0.1, -0.05) is 326 Å². The summed E-state index contributed by atoms with van der Waals surface area (Å²) < 4.78 is 5.50. The summed E-state index contributed by atoms with van der Waals surface area (Å²) in [5.74, 6) is -0.0554. The third-order valence-electron chi connectivity index (χ3n) is 16.3. The molecule has 0 aromatic heterocycles. The molecule has 0 aromatic carbocycles. The minimum atomic E-state index is -0.842. The molecule has 0 saturated carbocycles. The fraction of sp³-hybridized carbons (Fsp3) is 0.863. The lowest BCUT2D eigenvalue weighted by Crippen LogP contribution is -2.45. The minimum absolute atomic E-state index is 0.0111. The van der Waals surface area contributed by atoms with Gasteiger partial charge in [0.15, 0.2) is 0 Å². The van der Waals surface area contributed by atoms with E-state index in [1.54, 1.807) is 6.08 Å². The summed E-state index contributed by atoms with van der Waals surface area (Å²) in [7, 11) is 0. The Bertz CT molecular complexity index is 1320. The van der Waals surface area contributed by atoms with Gasteiger partial charge in [-0.05, 0) is 89.9 Å². The summed E-state index contributed by atoms with van der Waals surface area (Å²) in [6.07, 6.45) is 89.2. The van der Waals surface area contributed by atoms with Crippen LogP contribution in [0.3, 0.4) is 0 Å². The maximum absolute atomic E-state index is 12.4. The van der Waals surface area contributed by atoms with E-state index < -0.39 is 12.1 Å². The molecular weight excluding hydrogens is 971 g/mol. The maximum atomic E-state index is 12.4. The fourth-order valence-electron chi connectivity index (χ4n) is 10.9. The van der Waals surface area contributed by atoms with Crippen molar-refractivity contribution in [2.45, 2.75) is 392 Å². The van der Waals surface area contributed by atoms with Crippen molar-refractivity contribution in [3.05, 3.63) is 48.6 Å². The Kier molecular flexibility index (Phi) is 66.4. The van der Waals surface area contributed by atoms with Crippen molar-refractivity contribution in [1.29, 1.82) is 0 Å². The topological polar surface area (TPSA) is 95.9 Å². The normalized spacial score (nSPS) is 12.8. The zero-order valence-corrected chi connectivity index (χ0v) is 53.1. The lowest BCUT2D eigenvalue weighted by atomic mass is 10.0. The van der Waals surface area contributed by atoms with Crippen LogP contribution in [-0.2, 0) is 14.3 Å². The third kappa shape index (κ3) is 64.8. The Labute approximate surface area is 493 Å². The van der Waals surface area contributed by atoms with Crippen molar-refractivity contribution in [3.63, 3.8) is 0 Å². The van der Waals surface area contributed by atoms with Crippen LogP contribution >= 0.6 is 0 Å². The van der Waals surface area contributed by atoms with Gasteiger partial charge in [-0.15, -0.1) is 0 Å². The second-order valence-electron chi connectivity index (χ2n) is 24.2. The van der Waals surface area contributed by atoms with Crippen LogP contribution in [-0.4, -0.2) is 47.4 Å². The molecule has 0 heterocycles. The average molecular weight is 1110 g/mol. The van der Waals surface area contributed by atoms with Crippen LogP contribution in [0.4, 0.5) is 0 Å². The molecule has 0 aliphatic carbocycles. The van der Waals surface area contributed by atoms with Crippen LogP contribution in [0.15, 0.2) is 48.6 Å². The lowest BCUT2D eigenvalue weighted by molar-refractivity contribution is -0.143. The molecule has 464 valence electrons. The first-order valence-corrected chi connectivity index (χ1v) is 35.4. The van der Waals surface area contributed by atoms with E-state index in [4.69, 9.17) is 4.74 Å². The van der Waals surface area contributed by atoms with Gasteiger partial charge in [-0.3, -0.25) is 9.59 Å². The van der Waals surface area contributed by atoms with E-state index in [2.05, 4.69) is 55.6 Å². The number of allylic oxidation sites excluding steroid dienone is 7. The van der Waals surface area contributed by atoms with Crippen molar-refractivity contribution < 1.29 is 24.5 Å². The second kappa shape index (κ2) is 68.3. The van der Waals surface area contributed by atoms with Gasteiger partial charge in [0.1, 0.15) is 0 Å². The first-order chi connectivity index (χ1) is 39.0. The number of unbranched alkanes of at least 4 members (excludes halogenated alkanes) is 49. The Morgan fingerprint density at radius 2 is 0.633 bits per heavy atom. The molecule has 0 aliphatic heterocycles. The molecule has 6 nitrogen and oxygen atoms in total. The van der Waals surface area contributed by atoms with Crippen LogP contribution in [0, 0.1) is 0 Å². The molecular formula is C73H137NO5. The smallest absolute Gasteiger partial charge is 0.305 e. The van der Waals surface area contributed by atoms with Gasteiger partial charge < -0.3 is 20.3 Å². The van der Waals surface area contributed by atoms with Gasteiger partial charge in [0, 0.05) is 12.8 Å². The molecule has 0 fully saturated rings. The SMILES string of the molecule is CCCCCCCCC/C=C\CCCCCCCCCC(=O)OCCCCCCCCCCC/C=C\C/C=C\CCCCCCCCCCCCCCCCCCCC(=O)NC(CO)C(O)/C=C/CCCCCCCCCCC. The molecule has 0 aromatic rings. The lowest BCUT2D eigenvalue weighted by Gasteiger charge is -2.20. The predicted octanol–water partition coefficient (Wildman–Crippen LogP) is 22.9. The number of ether oxygens (including phenoxy) is 1. The van der Waals surface area contributed by atoms with E-state index in [0.717, 1.165) is 51.4 Å². The fourth-order valence-corrected chi connectivity index (χ4v) is 10.9. The molecule has 6 heteroatoms. The van der Waals surface area contributed by atoms with E-state index in [1.165, 1.54) is 302 Å². The Balaban J connectivity index is 3.37. The molecule has 0 saturated heterocycles. The summed E-state index contributed by atoms with van der Waals surface area (Å²) >= 11 is 0. The van der Waals surface area contributed by atoms with Crippen molar-refractivity contribution in [1.82, 2.24) is 5.32 Å². The van der Waals surface area contributed by atoms with Crippen LogP contribution in [0.25, 0.3) is 0 Å². The van der Waals surface area contributed by atoms with Crippen molar-refractivity contribution in [2.24, 2.45) is 0 Å². The molecule has 0 spiro atoms. The number of aliphatic hydroxyl groups excluding tert-OH is 2. The van der Waals surface area contributed by atoms with E-state index >= 15 is 0 Å². The summed E-state index contributed by atoms with van der Waals surface area (Å²) in [6, 6.07) is -0.625. The van der Waals surface area contributed by atoms with Gasteiger partial charge in [0.25, 0.3) is 0 Å². The van der Waals surface area contributed by atoms with Gasteiger partial charge in [0.2, 0.25) is 5.91 Å². The Morgan fingerprint density at radius 1 is 0.354 bits per heavy atom. The highest BCUT2D eigenvalue weighted by atomic mass is 16.5. The van der Waals surface area contributed by atoms with Gasteiger partial charge >= 0.3 is 5.97 Å². The zero-order chi connectivity index (χ0) is 57.1. The first kappa shape index (κ1) is 76.8. The average Bonchev–Trinajstić information content (AvgIpc) is 3.45. The number of hydrogen-bond acceptors (Lipinski definition) is 5. The number of aliphatic hydroxyl groups is 2. The standard InChI is InChI=1S/C73H137NO5/c1-3-5-7-9-11-13-15-16-17-18-37-40-43-47-51-55-59-63-67-73(78)79-68-64-60-56-52-48-44-41-38-35-33-31-29-27-25-23-21-19-20-22-24-26-28-30-32-34-36-39-42-46-50-54-58-62-66-72(77)74-70(69-75)71(76)65-61-57-53-49-45-14-12-10-8-6-4-2/h17-18,23,25,29,31,61,65,70-71,75-76H,3-16,19-22,24,26-28,30,32-60,62-64,66-69H2,1-2H3,(H,74,77)/b18-17-,25-23-,31-29-,65-61+. The van der Waals surface area contributed by atoms with E-state index in [1.807, 2.05) is 6.08 Å². The first-order valence-electron chi connectivity index (χ1n) is 35.4. The van der Waals surface area contributed by atoms with Crippen molar-refractivity contribution in [3.8, 4) is 0 Å². The molecule has 79 heavy (non-hydrogen) atoms. The Morgan fingerprint density at radius 3 is 0.975 bits per heavy atom. The molecule has 1 amide bonds. The number of nitrogens with one attached hydrogen (secondary N) is 1. The van der Waals surface area contributed by atoms with Crippen LogP contribution in [0.2, 0.25) is 0 Å². The number of hydrogen-bond donors (Lipinski definition) is 3. The number of amides is 1. The highest BCUT2D eigenvalue weighted by Crippen LogP contribution is 2.18. The quantitative estimate of drug-likeness (QED) is 0.0320. The van der Waals surface area contributed by atoms with E-state index in [9.17, 15) is 19.8 Å². The molecule has 0 rings (SSSR count). The predicted molar refractivity (Wildman–Crippen MR) is 347 cm³/mol.